The summed E-state index contributed by atoms with van der Waals surface area (Å²) in [5.74, 6) is 1.99. The minimum absolute atomic E-state index is 0.187. The van der Waals surface area contributed by atoms with Gasteiger partial charge in [0.25, 0.3) is 0 Å². The zero-order valence-corrected chi connectivity index (χ0v) is 75.1. The Morgan fingerprint density at radius 1 is 0.198 bits per heavy atom. The van der Waals surface area contributed by atoms with Crippen molar-refractivity contribution in [3.8, 4) is 168 Å². The van der Waals surface area contributed by atoms with Crippen molar-refractivity contribution >= 4 is 22.8 Å². The lowest BCUT2D eigenvalue weighted by Gasteiger charge is -2.11. The molecule has 21 nitrogen and oxygen atoms in total. The zero-order valence-electron chi connectivity index (χ0n) is 72.4. The Bertz CT molecular complexity index is 6950. The van der Waals surface area contributed by atoms with Crippen molar-refractivity contribution in [2.24, 2.45) is 0 Å². The van der Waals surface area contributed by atoms with Crippen molar-refractivity contribution in [1.29, 1.82) is 0 Å². The summed E-state index contributed by atoms with van der Waals surface area (Å²) < 4.78 is 45.2. The molecule has 0 spiro atoms. The third kappa shape index (κ3) is 24.1. The lowest BCUT2D eigenvalue weighted by molar-refractivity contribution is -0.693. The molecular formula is C107H97N12O9P3+6. The molecule has 0 radical (unpaired) electrons. The Labute approximate surface area is 760 Å². The first kappa shape index (κ1) is 89.9. The molecule has 18 rings (SSSR count). The molecule has 131 heavy (non-hydrogen) atoms. The highest BCUT2D eigenvalue weighted by Gasteiger charge is 2.23. The second-order valence-electron chi connectivity index (χ2n) is 31.5. The van der Waals surface area contributed by atoms with E-state index in [9.17, 15) is 23.5 Å². The molecule has 0 unspecified atom stereocenters. The van der Waals surface area contributed by atoms with Crippen LogP contribution in [-0.4, -0.2) is 71.6 Å². The first-order valence-electron chi connectivity index (χ1n) is 43.1. The average Bonchev–Trinajstić information content (AvgIpc) is 0.799. The zero-order chi connectivity index (χ0) is 90.9. The van der Waals surface area contributed by atoms with Crippen molar-refractivity contribution in [3.05, 3.63) is 402 Å². The first-order valence-corrected chi connectivity index (χ1v) is 48.5. The maximum Gasteiger partial charge on any atom is 0.390 e. The summed E-state index contributed by atoms with van der Waals surface area (Å²) in [5, 5.41) is 0. The fourth-order valence-corrected chi connectivity index (χ4v) is 16.6. The van der Waals surface area contributed by atoms with E-state index in [-0.39, 0.29) is 31.7 Å². The molecule has 9 aromatic heterocycles. The highest BCUT2D eigenvalue weighted by Crippen LogP contribution is 2.39. The van der Waals surface area contributed by atoms with Gasteiger partial charge in [0.05, 0.1) is 34.2 Å². The number of nitrogens with zero attached hydrogens (tertiary/aromatic N) is 12. The van der Waals surface area contributed by atoms with Crippen molar-refractivity contribution in [1.82, 2.24) is 29.9 Å². The lowest BCUT2D eigenvalue weighted by Crippen LogP contribution is -2.34. The van der Waals surface area contributed by atoms with Crippen molar-refractivity contribution in [2.45, 2.75) is 59.8 Å². The Hall–Kier alpha value is -14.4. The average molecular weight is 1790 g/mol. The van der Waals surface area contributed by atoms with Gasteiger partial charge in [0.15, 0.2) is 105 Å². The van der Waals surface area contributed by atoms with Gasteiger partial charge in [-0.05, 0) is 106 Å². The minimum Gasteiger partial charge on any atom is -0.324 e. The summed E-state index contributed by atoms with van der Waals surface area (Å²) in [6.45, 7) is 9.79. The lowest BCUT2D eigenvalue weighted by atomic mass is 10.0. The Kier molecular flexibility index (Phi) is 28.4. The molecule has 0 aliphatic carbocycles. The third-order valence-electron chi connectivity index (χ3n) is 22.4. The molecule has 648 valence electrons. The van der Waals surface area contributed by atoms with E-state index in [4.69, 9.17) is 49.5 Å². The predicted octanol–water partition coefficient (Wildman–Crippen LogP) is 19.7. The predicted molar refractivity (Wildman–Crippen MR) is 512 cm³/mol. The Morgan fingerprint density at radius 2 is 0.366 bits per heavy atom. The second kappa shape index (κ2) is 41.3. The molecule has 0 atom stereocenters. The highest BCUT2D eigenvalue weighted by molar-refractivity contribution is 7.52. The van der Waals surface area contributed by atoms with Crippen LogP contribution in [0.2, 0.25) is 0 Å². The van der Waals surface area contributed by atoms with Crippen molar-refractivity contribution in [3.63, 3.8) is 0 Å². The van der Waals surface area contributed by atoms with Gasteiger partial charge in [0.2, 0.25) is 6.29 Å². The summed E-state index contributed by atoms with van der Waals surface area (Å²) in [5.41, 5.74) is 26.8. The van der Waals surface area contributed by atoms with E-state index in [0.29, 0.717) is 11.6 Å². The molecule has 0 bridgehead atoms. The van der Waals surface area contributed by atoms with Crippen LogP contribution in [0.1, 0.15) is 20.8 Å². The standard InChI is InChI=1S/C36H31N4O3P.C36H32N4.C35H30N4O6P2/c1-2-39-20-16-29(17-21-39)27-8-12-31(13-9-27)34-26-35(38-36(37-34)33-6-4-3-5-7-33)32-14-10-28(11-15-32)30-18-22-40(23-19-30)24-25-44(41,42)43;1-3-39-22-18-29(19-23-39)27-10-14-31(15-11-27)34-26-35(38-36(37-34)33-8-6-5-7-9-33)32-16-12-28(13-17-32)30-20-24-40(4-2)25-21-30;40-46(41,42)23-22-38-18-14-28(15-19-38)26-6-10-30(11-7-26)33-24-34(37-35(36-33)32-4-2-1-3-5-32)31-12-8-27(9-13-31)29-16-20-39(21-17-29)25-47(43,44)45/h3-23,26H,2,24-25H2,1H3;5-26H,3-4H2,1-2H3;1-21,24H,22-23,25H2,(H2-2,40,41,42,43,44,45)/q;+2;/p+4. The van der Waals surface area contributed by atoms with Gasteiger partial charge in [0, 0.05) is 123 Å². The smallest absolute Gasteiger partial charge is 0.324 e. The van der Waals surface area contributed by atoms with Crippen LogP contribution in [-0.2, 0) is 52.7 Å². The molecule has 0 fully saturated rings. The number of hydrogen-bond acceptors (Lipinski definition) is 9. The summed E-state index contributed by atoms with van der Waals surface area (Å²) in [4.78, 5) is 84.8. The molecule has 6 N–H and O–H groups in total. The van der Waals surface area contributed by atoms with Crippen LogP contribution in [0, 0.1) is 0 Å². The highest BCUT2D eigenvalue weighted by atomic mass is 31.2. The fraction of sp³-hybridized carbons (Fsp3) is 0.103. The fourth-order valence-electron chi connectivity index (χ4n) is 15.0. The number of hydrogen-bond donors (Lipinski definition) is 6. The van der Waals surface area contributed by atoms with Crippen LogP contribution in [0.25, 0.3) is 168 Å². The molecule has 24 heteroatoms. The van der Waals surface area contributed by atoms with Gasteiger partial charge >= 0.3 is 22.8 Å². The van der Waals surface area contributed by atoms with Gasteiger partial charge in [-0.25, -0.2) is 52.7 Å². The van der Waals surface area contributed by atoms with Gasteiger partial charge in [-0.3, -0.25) is 13.7 Å². The van der Waals surface area contributed by atoms with Gasteiger partial charge < -0.3 is 29.4 Å². The van der Waals surface area contributed by atoms with E-state index >= 15 is 0 Å². The summed E-state index contributed by atoms with van der Waals surface area (Å²) >= 11 is 0. The monoisotopic (exact) mass is 1790 g/mol. The molecule has 0 aliphatic heterocycles. The number of rotatable bonds is 26. The SMILES string of the molecule is CC[n+]1ccc(-c2ccc(-c3cc(-c4ccc(-c5cc[n+](CC)cc5)cc4)nc(-c4ccccc4)n3)cc2)cc1.CC[n+]1ccc(-c2ccc(-c3cc(-c4ccc(-c5cc[n+](CCP(=O)(O)O)cc5)cc4)nc(-c4ccccc4)n3)cc2)cc1.O=P(O)(O)CC[n+]1ccc(-c2ccc(-c3cc(-c4ccc(-c5cc[n+](CP(=O)(O)O)cc5)cc4)nc(-c4ccccc4)n3)cc2)cc1. The van der Waals surface area contributed by atoms with Gasteiger partial charge in [-0.15, -0.1) is 0 Å². The van der Waals surface area contributed by atoms with Gasteiger partial charge in [0.1, 0.15) is 32.0 Å². The van der Waals surface area contributed by atoms with E-state index in [1.807, 2.05) is 201 Å². The van der Waals surface area contributed by atoms with Crippen molar-refractivity contribution in [2.75, 3.05) is 12.3 Å². The Balaban J connectivity index is 0.000000144. The summed E-state index contributed by atoms with van der Waals surface area (Å²) in [6, 6.07) is 110. The van der Waals surface area contributed by atoms with E-state index in [2.05, 4.69) is 223 Å². The van der Waals surface area contributed by atoms with Crippen LogP contribution in [0.3, 0.4) is 0 Å². The van der Waals surface area contributed by atoms with Crippen LogP contribution >= 0.6 is 22.8 Å². The summed E-state index contributed by atoms with van der Waals surface area (Å²) in [7, 11) is -12.3. The maximum atomic E-state index is 11.3. The van der Waals surface area contributed by atoms with Crippen molar-refractivity contribution < 1.29 is 70.5 Å². The number of benzene rings is 9. The third-order valence-corrected chi connectivity index (χ3v) is 24.7. The second-order valence-corrected chi connectivity index (χ2v) is 36.7. The molecule has 18 aromatic rings. The maximum absolute atomic E-state index is 11.3. The number of pyridine rings is 6. The minimum atomic E-state index is -4.16. The molecule has 0 aliphatic rings. The summed E-state index contributed by atoms with van der Waals surface area (Å²) in [6.07, 6.45) is 22.5. The van der Waals surface area contributed by atoms with E-state index < -0.39 is 22.8 Å². The first-order chi connectivity index (χ1) is 63.5. The van der Waals surface area contributed by atoms with E-state index in [1.165, 1.54) is 32.4 Å². The largest absolute Gasteiger partial charge is 0.390 e. The quantitative estimate of drug-likeness (QED) is 0.0217. The van der Waals surface area contributed by atoms with E-state index in [0.717, 1.165) is 149 Å². The number of aromatic nitrogens is 12. The molecule has 9 aromatic carbocycles. The number of aryl methyl sites for hydroxylation is 5. The molecule has 0 saturated heterocycles. The normalized spacial score (nSPS) is 11.4. The Morgan fingerprint density at radius 3 is 0.542 bits per heavy atom. The van der Waals surface area contributed by atoms with Crippen LogP contribution in [0.4, 0.5) is 0 Å². The van der Waals surface area contributed by atoms with Crippen LogP contribution in [0.5, 0.6) is 0 Å². The molecule has 0 saturated carbocycles. The van der Waals surface area contributed by atoms with Crippen LogP contribution < -0.4 is 27.4 Å². The molecule has 9 heterocycles. The topological polar surface area (TPSA) is 273 Å². The van der Waals surface area contributed by atoms with Gasteiger partial charge in [-0.1, -0.05) is 237 Å². The molecular weight excluding hydrogens is 1690 g/mol. The van der Waals surface area contributed by atoms with Gasteiger partial charge in [-0.2, -0.15) is 4.57 Å². The van der Waals surface area contributed by atoms with E-state index in [1.54, 1.807) is 21.5 Å². The van der Waals surface area contributed by atoms with Crippen LogP contribution in [0.15, 0.2) is 402 Å². The molecule has 0 amide bonds.